The summed E-state index contributed by atoms with van der Waals surface area (Å²) >= 11 is 0. The zero-order chi connectivity index (χ0) is 26.0. The van der Waals surface area contributed by atoms with Crippen molar-refractivity contribution in [1.82, 2.24) is 24.5 Å². The Morgan fingerprint density at radius 3 is 2.62 bits per heavy atom. The number of hydrogen-bond donors (Lipinski definition) is 2. The van der Waals surface area contributed by atoms with E-state index in [0.717, 1.165) is 77.1 Å². The number of rotatable bonds is 7. The van der Waals surface area contributed by atoms with Crippen LogP contribution in [0.3, 0.4) is 0 Å². The molecule has 198 valence electrons. The van der Waals surface area contributed by atoms with Crippen molar-refractivity contribution in [3.63, 3.8) is 0 Å². The summed E-state index contributed by atoms with van der Waals surface area (Å²) in [5, 5.41) is 8.18. The third kappa shape index (κ3) is 4.92. The first-order valence-corrected chi connectivity index (χ1v) is 14.1. The van der Waals surface area contributed by atoms with Crippen LogP contribution >= 0.6 is 0 Å². The van der Waals surface area contributed by atoms with E-state index in [2.05, 4.69) is 56.6 Å². The molecule has 8 heteroatoms. The quantitative estimate of drug-likeness (QED) is 0.237. The van der Waals surface area contributed by atoms with Crippen molar-refractivity contribution in [3.05, 3.63) is 67.1 Å². The molecule has 1 saturated heterocycles. The van der Waals surface area contributed by atoms with Gasteiger partial charge < -0.3 is 15.4 Å². The third-order valence-electron chi connectivity index (χ3n) is 8.00. The van der Waals surface area contributed by atoms with E-state index in [4.69, 9.17) is 19.7 Å². The molecular formula is C31H33N7O. The van der Waals surface area contributed by atoms with Gasteiger partial charge in [0.05, 0.1) is 11.8 Å². The van der Waals surface area contributed by atoms with Gasteiger partial charge in [-0.2, -0.15) is 9.97 Å². The van der Waals surface area contributed by atoms with Gasteiger partial charge in [-0.3, -0.25) is 9.55 Å². The minimum absolute atomic E-state index is 0.0469. The molecule has 0 bridgehead atoms. The van der Waals surface area contributed by atoms with E-state index in [0.29, 0.717) is 11.9 Å². The molecule has 0 spiro atoms. The van der Waals surface area contributed by atoms with Gasteiger partial charge in [0.1, 0.15) is 6.23 Å². The zero-order valence-electron chi connectivity index (χ0n) is 22.0. The van der Waals surface area contributed by atoms with E-state index in [9.17, 15) is 0 Å². The minimum atomic E-state index is -0.0469. The lowest BCUT2D eigenvalue weighted by Gasteiger charge is -2.24. The molecule has 2 fully saturated rings. The maximum atomic E-state index is 6.09. The van der Waals surface area contributed by atoms with Crippen LogP contribution in [-0.4, -0.2) is 37.7 Å². The Labute approximate surface area is 227 Å². The molecule has 1 saturated carbocycles. The normalized spacial score (nSPS) is 18.1. The first kappa shape index (κ1) is 24.0. The van der Waals surface area contributed by atoms with Crippen LogP contribution in [0.5, 0.6) is 0 Å². The molecule has 8 nitrogen and oxygen atoms in total. The number of nitrogens with zero attached hydrogens (tertiary/aromatic N) is 5. The summed E-state index contributed by atoms with van der Waals surface area (Å²) < 4.78 is 8.16. The van der Waals surface area contributed by atoms with Gasteiger partial charge in [0.15, 0.2) is 17.0 Å². The lowest BCUT2D eigenvalue weighted by molar-refractivity contribution is -0.0298. The Balaban J connectivity index is 1.26. The first-order chi connectivity index (χ1) is 19.3. The van der Waals surface area contributed by atoms with Crippen LogP contribution in [-0.2, 0) is 4.74 Å². The Morgan fingerprint density at radius 1 is 0.897 bits per heavy atom. The predicted molar refractivity (Wildman–Crippen MR) is 155 cm³/mol. The Kier molecular flexibility index (Phi) is 6.54. The molecule has 0 radical (unpaired) electrons. The number of nitrogens with one attached hydrogen (secondary N) is 2. The van der Waals surface area contributed by atoms with Gasteiger partial charge in [-0.05, 0) is 73.4 Å². The van der Waals surface area contributed by atoms with Gasteiger partial charge in [0.25, 0.3) is 0 Å². The highest BCUT2D eigenvalue weighted by Crippen LogP contribution is 2.33. The van der Waals surface area contributed by atoms with E-state index in [1.807, 2.05) is 30.7 Å². The topological polar surface area (TPSA) is 89.8 Å². The maximum absolute atomic E-state index is 6.09. The second-order valence-corrected chi connectivity index (χ2v) is 10.7. The minimum Gasteiger partial charge on any atom is -0.368 e. The van der Waals surface area contributed by atoms with Gasteiger partial charge in [-0.25, -0.2) is 4.98 Å². The highest BCUT2D eigenvalue weighted by molar-refractivity contribution is 5.96. The summed E-state index contributed by atoms with van der Waals surface area (Å²) in [7, 11) is 0. The van der Waals surface area contributed by atoms with Crippen molar-refractivity contribution in [1.29, 1.82) is 0 Å². The maximum Gasteiger partial charge on any atom is 0.231 e. The molecule has 0 amide bonds. The van der Waals surface area contributed by atoms with E-state index in [1.54, 1.807) is 0 Å². The number of fused-ring (bicyclic) bond motifs is 2. The van der Waals surface area contributed by atoms with Crippen molar-refractivity contribution < 1.29 is 4.74 Å². The number of anilines is 3. The van der Waals surface area contributed by atoms with Crippen LogP contribution in [0.25, 0.3) is 33.2 Å². The fourth-order valence-electron chi connectivity index (χ4n) is 5.93. The van der Waals surface area contributed by atoms with Crippen LogP contribution in [0.4, 0.5) is 17.5 Å². The lowest BCUT2D eigenvalue weighted by Crippen LogP contribution is -2.18. The summed E-state index contributed by atoms with van der Waals surface area (Å²) in [6.07, 6.45) is 12.0. The molecule has 5 aromatic rings. The van der Waals surface area contributed by atoms with E-state index in [1.165, 1.54) is 25.7 Å². The van der Waals surface area contributed by atoms with Crippen LogP contribution in [0.15, 0.2) is 67.1 Å². The van der Waals surface area contributed by atoms with Crippen LogP contribution in [0.2, 0.25) is 0 Å². The number of pyridine rings is 1. The average Bonchev–Trinajstić information content (AvgIpc) is 3.67. The predicted octanol–water partition coefficient (Wildman–Crippen LogP) is 7.09. The number of hydrogen-bond acceptors (Lipinski definition) is 7. The summed E-state index contributed by atoms with van der Waals surface area (Å²) in [4.78, 5) is 19.2. The second kappa shape index (κ2) is 10.6. The average molecular weight is 520 g/mol. The Hall–Kier alpha value is -4.04. The Morgan fingerprint density at radius 2 is 1.77 bits per heavy atom. The molecule has 39 heavy (non-hydrogen) atoms. The van der Waals surface area contributed by atoms with Crippen LogP contribution < -0.4 is 10.6 Å². The van der Waals surface area contributed by atoms with Crippen molar-refractivity contribution in [2.24, 2.45) is 5.92 Å². The lowest BCUT2D eigenvalue weighted by atomic mass is 10.0. The van der Waals surface area contributed by atoms with Crippen molar-refractivity contribution >= 4 is 39.5 Å². The molecular weight excluding hydrogens is 486 g/mol. The molecule has 2 N–H and O–H groups in total. The molecule has 4 heterocycles. The fourth-order valence-corrected chi connectivity index (χ4v) is 5.93. The van der Waals surface area contributed by atoms with Crippen LogP contribution in [0, 0.1) is 5.92 Å². The summed E-state index contributed by atoms with van der Waals surface area (Å²) in [5.41, 5.74) is 5.75. The smallest absolute Gasteiger partial charge is 0.231 e. The SMILES string of the molecule is c1ccc(-c2ccnc3ccc(Nc4nc(NCC5CCCC5)c5ncn(C6CCCCO6)c5n4)cc23)cc1. The number of aromatic nitrogens is 5. The zero-order valence-corrected chi connectivity index (χ0v) is 22.0. The van der Waals surface area contributed by atoms with Crippen molar-refractivity contribution in [2.45, 2.75) is 51.2 Å². The van der Waals surface area contributed by atoms with Crippen molar-refractivity contribution in [3.8, 4) is 11.1 Å². The van der Waals surface area contributed by atoms with Gasteiger partial charge in [-0.1, -0.05) is 43.2 Å². The molecule has 1 unspecified atom stereocenters. The molecule has 1 atom stereocenters. The number of ether oxygens (including phenoxy) is 1. The standard InChI is InChI=1S/C31H33N7O/c1-2-10-22(11-3-1)24-15-16-32-26-14-13-23(18-25(24)26)35-31-36-29(33-19-21-8-4-5-9-21)28-30(37-31)38(20-34-28)27-12-6-7-17-39-27/h1-3,10-11,13-16,18,20-21,27H,4-9,12,17,19H2,(H2,33,35,36,37). The molecule has 1 aliphatic heterocycles. The summed E-state index contributed by atoms with van der Waals surface area (Å²) in [6.45, 7) is 1.67. The molecule has 2 aromatic carbocycles. The highest BCUT2D eigenvalue weighted by atomic mass is 16.5. The fraction of sp³-hybridized carbons (Fsp3) is 0.355. The molecule has 2 aliphatic rings. The number of benzene rings is 2. The Bertz CT molecular complexity index is 1590. The number of imidazole rings is 1. The van der Waals surface area contributed by atoms with Crippen LogP contribution in [0.1, 0.15) is 51.2 Å². The van der Waals surface area contributed by atoms with Gasteiger partial charge in [0.2, 0.25) is 5.95 Å². The highest BCUT2D eigenvalue weighted by Gasteiger charge is 2.22. The van der Waals surface area contributed by atoms with E-state index in [-0.39, 0.29) is 6.23 Å². The van der Waals surface area contributed by atoms with Gasteiger partial charge in [-0.15, -0.1) is 0 Å². The molecule has 3 aromatic heterocycles. The largest absolute Gasteiger partial charge is 0.368 e. The van der Waals surface area contributed by atoms with Crippen molar-refractivity contribution in [2.75, 3.05) is 23.8 Å². The third-order valence-corrected chi connectivity index (χ3v) is 8.00. The van der Waals surface area contributed by atoms with E-state index >= 15 is 0 Å². The first-order valence-electron chi connectivity index (χ1n) is 14.1. The van der Waals surface area contributed by atoms with Gasteiger partial charge in [0, 0.05) is 30.4 Å². The summed E-state index contributed by atoms with van der Waals surface area (Å²) in [5.74, 6) is 1.99. The van der Waals surface area contributed by atoms with Gasteiger partial charge >= 0.3 is 0 Å². The monoisotopic (exact) mass is 519 g/mol. The second-order valence-electron chi connectivity index (χ2n) is 10.7. The molecule has 7 rings (SSSR count). The van der Waals surface area contributed by atoms with E-state index < -0.39 is 0 Å². The molecule has 1 aliphatic carbocycles. The summed E-state index contributed by atoms with van der Waals surface area (Å²) in [6, 6.07) is 18.7.